The summed E-state index contributed by atoms with van der Waals surface area (Å²) in [5.74, 6) is 3.68. The molecule has 0 aliphatic heterocycles. The number of nitrogens with two attached hydrogens (primary N) is 1. The lowest BCUT2D eigenvalue weighted by molar-refractivity contribution is 0.266. The number of halogens is 2. The van der Waals surface area contributed by atoms with Crippen LogP contribution in [0.3, 0.4) is 0 Å². The minimum Gasteiger partial charge on any atom is -0.271 e. The van der Waals surface area contributed by atoms with Crippen LogP contribution in [-0.2, 0) is 0 Å². The highest BCUT2D eigenvalue weighted by atomic mass is 19.2. The summed E-state index contributed by atoms with van der Waals surface area (Å²) in [5.41, 5.74) is 2.49. The van der Waals surface area contributed by atoms with Gasteiger partial charge in [0.1, 0.15) is 0 Å². The van der Waals surface area contributed by atoms with E-state index in [1.54, 1.807) is 0 Å². The van der Waals surface area contributed by atoms with Crippen molar-refractivity contribution >= 4 is 0 Å². The first kappa shape index (κ1) is 12.1. The molecule has 0 heterocycles. The Morgan fingerprint density at radius 1 is 1.27 bits per heavy atom. The van der Waals surface area contributed by atoms with E-state index < -0.39 is 17.7 Å². The lowest BCUT2D eigenvalue weighted by Gasteiger charge is -2.30. The second kappa shape index (κ2) is 4.24. The van der Waals surface area contributed by atoms with E-state index >= 15 is 0 Å². The van der Waals surface area contributed by atoms with Gasteiger partial charge in [-0.1, -0.05) is 32.9 Å². The van der Waals surface area contributed by atoms with Crippen LogP contribution in [-0.4, -0.2) is 0 Å². The maximum atomic E-state index is 13.5. The number of hydrazine groups is 1. The first-order valence-electron chi connectivity index (χ1n) is 4.78. The van der Waals surface area contributed by atoms with Gasteiger partial charge in [-0.2, -0.15) is 0 Å². The SMILES string of the molecule is CC(C)(C)C(NN)c1cccc(F)c1F. The van der Waals surface area contributed by atoms with Gasteiger partial charge in [-0.3, -0.25) is 11.3 Å². The number of hydrogen-bond donors (Lipinski definition) is 2. The van der Waals surface area contributed by atoms with Crippen molar-refractivity contribution in [2.45, 2.75) is 26.8 Å². The highest BCUT2D eigenvalue weighted by molar-refractivity contribution is 5.23. The molecule has 4 heteroatoms. The third-order valence-corrected chi connectivity index (χ3v) is 2.33. The van der Waals surface area contributed by atoms with Crippen molar-refractivity contribution in [1.29, 1.82) is 0 Å². The summed E-state index contributed by atoms with van der Waals surface area (Å²) >= 11 is 0. The number of hydrogen-bond acceptors (Lipinski definition) is 2. The molecular weight excluding hydrogens is 198 g/mol. The van der Waals surface area contributed by atoms with Gasteiger partial charge in [0.15, 0.2) is 11.6 Å². The Morgan fingerprint density at radius 2 is 1.87 bits per heavy atom. The predicted octanol–water partition coefficient (Wildman–Crippen LogP) is 2.52. The smallest absolute Gasteiger partial charge is 0.163 e. The van der Waals surface area contributed by atoms with Crippen LogP contribution in [0.25, 0.3) is 0 Å². The van der Waals surface area contributed by atoms with Gasteiger partial charge in [-0.15, -0.1) is 0 Å². The molecule has 2 nitrogen and oxygen atoms in total. The van der Waals surface area contributed by atoms with Crippen LogP contribution in [0.2, 0.25) is 0 Å². The maximum Gasteiger partial charge on any atom is 0.163 e. The lowest BCUT2D eigenvalue weighted by Crippen LogP contribution is -2.37. The average molecular weight is 214 g/mol. The molecule has 1 aromatic carbocycles. The summed E-state index contributed by atoms with van der Waals surface area (Å²) in [7, 11) is 0. The normalized spacial score (nSPS) is 14.0. The summed E-state index contributed by atoms with van der Waals surface area (Å²) in [5, 5.41) is 0. The van der Waals surface area contributed by atoms with Gasteiger partial charge < -0.3 is 0 Å². The first-order valence-corrected chi connectivity index (χ1v) is 4.78. The van der Waals surface area contributed by atoms with Gasteiger partial charge in [0.25, 0.3) is 0 Å². The lowest BCUT2D eigenvalue weighted by atomic mass is 9.82. The molecule has 0 fully saturated rings. The number of benzene rings is 1. The molecule has 1 atom stereocenters. The fourth-order valence-corrected chi connectivity index (χ4v) is 1.55. The molecule has 0 aromatic heterocycles. The molecule has 0 aliphatic carbocycles. The highest BCUT2D eigenvalue weighted by Crippen LogP contribution is 2.33. The molecule has 15 heavy (non-hydrogen) atoms. The van der Waals surface area contributed by atoms with Crippen LogP contribution < -0.4 is 11.3 Å². The Kier molecular flexibility index (Phi) is 3.42. The molecule has 0 saturated heterocycles. The Bertz CT molecular complexity index is 345. The fraction of sp³-hybridized carbons (Fsp3) is 0.455. The molecule has 1 rings (SSSR count). The molecule has 0 saturated carbocycles. The summed E-state index contributed by atoms with van der Waals surface area (Å²) in [4.78, 5) is 0. The third-order valence-electron chi connectivity index (χ3n) is 2.33. The van der Waals surface area contributed by atoms with Crippen molar-refractivity contribution in [2.24, 2.45) is 11.3 Å². The molecule has 0 aliphatic rings. The maximum absolute atomic E-state index is 13.5. The van der Waals surface area contributed by atoms with E-state index in [1.165, 1.54) is 12.1 Å². The summed E-state index contributed by atoms with van der Waals surface area (Å²) < 4.78 is 26.5. The zero-order chi connectivity index (χ0) is 11.6. The highest BCUT2D eigenvalue weighted by Gasteiger charge is 2.28. The van der Waals surface area contributed by atoms with E-state index in [2.05, 4.69) is 5.43 Å². The van der Waals surface area contributed by atoms with E-state index in [-0.39, 0.29) is 11.0 Å². The van der Waals surface area contributed by atoms with Crippen LogP contribution >= 0.6 is 0 Å². The van der Waals surface area contributed by atoms with Crippen LogP contribution in [0.4, 0.5) is 8.78 Å². The van der Waals surface area contributed by atoms with Gasteiger partial charge >= 0.3 is 0 Å². The predicted molar refractivity (Wildman–Crippen MR) is 55.9 cm³/mol. The van der Waals surface area contributed by atoms with Gasteiger partial charge in [0.2, 0.25) is 0 Å². The Balaban J connectivity index is 3.19. The monoisotopic (exact) mass is 214 g/mol. The van der Waals surface area contributed by atoms with Gasteiger partial charge in [0.05, 0.1) is 6.04 Å². The first-order chi connectivity index (χ1) is 6.88. The van der Waals surface area contributed by atoms with Crippen LogP contribution in [0.5, 0.6) is 0 Å². The minimum absolute atomic E-state index is 0.255. The van der Waals surface area contributed by atoms with E-state index in [9.17, 15) is 8.78 Å². The van der Waals surface area contributed by atoms with Crippen LogP contribution in [0, 0.1) is 17.0 Å². The van der Waals surface area contributed by atoms with Crippen molar-refractivity contribution in [2.75, 3.05) is 0 Å². The summed E-state index contributed by atoms with van der Waals surface area (Å²) in [6.45, 7) is 5.71. The molecular formula is C11H16F2N2. The quantitative estimate of drug-likeness (QED) is 0.586. The fourth-order valence-electron chi connectivity index (χ4n) is 1.55. The molecule has 1 unspecified atom stereocenters. The zero-order valence-corrected chi connectivity index (χ0v) is 9.14. The van der Waals surface area contributed by atoms with Crippen molar-refractivity contribution < 1.29 is 8.78 Å². The molecule has 0 bridgehead atoms. The van der Waals surface area contributed by atoms with Gasteiger partial charge in [-0.25, -0.2) is 8.78 Å². The van der Waals surface area contributed by atoms with E-state index in [4.69, 9.17) is 5.84 Å². The summed E-state index contributed by atoms with van der Waals surface area (Å²) in [6, 6.07) is 3.68. The largest absolute Gasteiger partial charge is 0.271 e. The van der Waals surface area contributed by atoms with E-state index in [1.807, 2.05) is 20.8 Å². The summed E-state index contributed by atoms with van der Waals surface area (Å²) in [6.07, 6.45) is 0. The van der Waals surface area contributed by atoms with Crippen molar-refractivity contribution in [3.05, 3.63) is 35.4 Å². The van der Waals surface area contributed by atoms with Crippen molar-refractivity contribution in [3.8, 4) is 0 Å². The third kappa shape index (κ3) is 2.52. The van der Waals surface area contributed by atoms with E-state index in [0.29, 0.717) is 0 Å². The molecule has 84 valence electrons. The standard InChI is InChI=1S/C11H16F2N2/c1-11(2,3)10(15-14)7-5-4-6-8(12)9(7)13/h4-6,10,15H,14H2,1-3H3. The van der Waals surface area contributed by atoms with Crippen LogP contribution in [0.1, 0.15) is 32.4 Å². The Hall–Kier alpha value is -1.00. The van der Waals surface area contributed by atoms with Crippen molar-refractivity contribution in [1.82, 2.24) is 5.43 Å². The minimum atomic E-state index is -0.850. The molecule has 1 aromatic rings. The molecule has 0 spiro atoms. The zero-order valence-electron chi connectivity index (χ0n) is 9.14. The van der Waals surface area contributed by atoms with E-state index in [0.717, 1.165) is 6.07 Å². The number of rotatable bonds is 2. The Morgan fingerprint density at radius 3 is 2.33 bits per heavy atom. The van der Waals surface area contributed by atoms with Gasteiger partial charge in [-0.05, 0) is 11.5 Å². The topological polar surface area (TPSA) is 38.0 Å². The van der Waals surface area contributed by atoms with Crippen molar-refractivity contribution in [3.63, 3.8) is 0 Å². The Labute approximate surface area is 88.4 Å². The molecule has 0 radical (unpaired) electrons. The molecule has 0 amide bonds. The number of nitrogens with one attached hydrogen (secondary N) is 1. The van der Waals surface area contributed by atoms with Gasteiger partial charge in [0, 0.05) is 5.56 Å². The average Bonchev–Trinajstić information content (AvgIpc) is 2.11. The second-order valence-electron chi connectivity index (χ2n) is 4.61. The molecule has 3 N–H and O–H groups in total. The second-order valence-corrected chi connectivity index (χ2v) is 4.61. The van der Waals surface area contributed by atoms with Crippen LogP contribution in [0.15, 0.2) is 18.2 Å².